The Hall–Kier alpha value is -2.21. The standard InChI is InChI=1S/C15H17N3O3/c19-15(20)13-14(12-4-2-1-3-5-12)18(17-16-13)10-11-6-8-21-9-7-11/h1-5,11H,6-10H2,(H,19,20). The van der Waals surface area contributed by atoms with Crippen molar-refractivity contribution in [3.63, 3.8) is 0 Å². The van der Waals surface area contributed by atoms with Gasteiger partial charge in [0.2, 0.25) is 0 Å². The summed E-state index contributed by atoms with van der Waals surface area (Å²) in [5.41, 5.74) is 1.41. The van der Waals surface area contributed by atoms with Crippen LogP contribution in [0, 0.1) is 5.92 Å². The van der Waals surface area contributed by atoms with E-state index in [1.54, 1.807) is 4.68 Å². The number of carboxylic acids is 1. The first-order valence-corrected chi connectivity index (χ1v) is 7.05. The smallest absolute Gasteiger partial charge is 0.358 e. The number of aromatic carboxylic acids is 1. The zero-order valence-electron chi connectivity index (χ0n) is 11.6. The van der Waals surface area contributed by atoms with Gasteiger partial charge in [-0.3, -0.25) is 0 Å². The Labute approximate surface area is 122 Å². The van der Waals surface area contributed by atoms with Crippen molar-refractivity contribution >= 4 is 5.97 Å². The number of aromatic nitrogens is 3. The van der Waals surface area contributed by atoms with E-state index in [2.05, 4.69) is 10.3 Å². The Morgan fingerprint density at radius 3 is 2.67 bits per heavy atom. The van der Waals surface area contributed by atoms with Crippen molar-refractivity contribution in [2.75, 3.05) is 13.2 Å². The number of carboxylic acid groups (broad SMARTS) is 1. The van der Waals surface area contributed by atoms with Gasteiger partial charge in [-0.2, -0.15) is 0 Å². The van der Waals surface area contributed by atoms with E-state index in [4.69, 9.17) is 4.74 Å². The quantitative estimate of drug-likeness (QED) is 0.931. The summed E-state index contributed by atoms with van der Waals surface area (Å²) in [6.07, 6.45) is 1.94. The molecule has 1 fully saturated rings. The highest BCUT2D eigenvalue weighted by Crippen LogP contribution is 2.25. The predicted octanol–water partition coefficient (Wildman–Crippen LogP) is 2.07. The molecule has 0 amide bonds. The summed E-state index contributed by atoms with van der Waals surface area (Å²) in [5, 5.41) is 17.2. The SMILES string of the molecule is O=C(O)c1nnn(CC2CCOCC2)c1-c1ccccc1. The van der Waals surface area contributed by atoms with Gasteiger partial charge in [-0.15, -0.1) is 5.10 Å². The lowest BCUT2D eigenvalue weighted by Gasteiger charge is -2.22. The molecule has 0 unspecified atom stereocenters. The molecule has 0 bridgehead atoms. The lowest BCUT2D eigenvalue weighted by molar-refractivity contribution is 0.0601. The molecule has 2 aromatic rings. The minimum atomic E-state index is -1.05. The molecule has 0 spiro atoms. The lowest BCUT2D eigenvalue weighted by atomic mass is 10.00. The van der Waals surface area contributed by atoms with Crippen molar-refractivity contribution in [3.05, 3.63) is 36.0 Å². The van der Waals surface area contributed by atoms with Gasteiger partial charge < -0.3 is 9.84 Å². The normalized spacial score (nSPS) is 16.0. The molecule has 0 atom stereocenters. The van der Waals surface area contributed by atoms with Crippen LogP contribution in [0.3, 0.4) is 0 Å². The number of hydrogen-bond acceptors (Lipinski definition) is 4. The maximum atomic E-state index is 11.4. The molecule has 1 aliphatic rings. The molecule has 21 heavy (non-hydrogen) atoms. The molecule has 1 aromatic carbocycles. The highest BCUT2D eigenvalue weighted by Gasteiger charge is 2.23. The Morgan fingerprint density at radius 2 is 2.00 bits per heavy atom. The van der Waals surface area contributed by atoms with E-state index >= 15 is 0 Å². The van der Waals surface area contributed by atoms with Gasteiger partial charge in [-0.25, -0.2) is 9.48 Å². The summed E-state index contributed by atoms with van der Waals surface area (Å²) < 4.78 is 7.07. The Kier molecular flexibility index (Phi) is 3.96. The number of nitrogens with zero attached hydrogens (tertiary/aromatic N) is 3. The lowest BCUT2D eigenvalue weighted by Crippen LogP contribution is -2.21. The van der Waals surface area contributed by atoms with Gasteiger partial charge in [-0.05, 0) is 18.8 Å². The third kappa shape index (κ3) is 2.95. The van der Waals surface area contributed by atoms with E-state index in [-0.39, 0.29) is 5.69 Å². The molecule has 0 radical (unpaired) electrons. The summed E-state index contributed by atoms with van der Waals surface area (Å²) in [7, 11) is 0. The van der Waals surface area contributed by atoms with Gasteiger partial charge in [0.15, 0.2) is 5.69 Å². The number of rotatable bonds is 4. The third-order valence-electron chi connectivity index (χ3n) is 3.76. The van der Waals surface area contributed by atoms with E-state index in [0.717, 1.165) is 31.6 Å². The fraction of sp³-hybridized carbons (Fsp3) is 0.400. The van der Waals surface area contributed by atoms with Gasteiger partial charge in [0, 0.05) is 25.3 Å². The molecule has 0 aliphatic carbocycles. The van der Waals surface area contributed by atoms with Gasteiger partial charge >= 0.3 is 5.97 Å². The van der Waals surface area contributed by atoms with Gasteiger partial charge in [-0.1, -0.05) is 35.5 Å². The monoisotopic (exact) mass is 287 g/mol. The second-order valence-electron chi connectivity index (χ2n) is 5.20. The summed E-state index contributed by atoms with van der Waals surface area (Å²) in [5.74, 6) is -0.600. The molecular weight excluding hydrogens is 270 g/mol. The molecule has 3 rings (SSSR count). The molecule has 110 valence electrons. The zero-order valence-corrected chi connectivity index (χ0v) is 11.6. The Balaban J connectivity index is 1.95. The molecule has 1 N–H and O–H groups in total. The maximum absolute atomic E-state index is 11.4. The fourth-order valence-electron chi connectivity index (χ4n) is 2.64. The van der Waals surface area contributed by atoms with Crippen LogP contribution in [0.2, 0.25) is 0 Å². The van der Waals surface area contributed by atoms with Crippen LogP contribution in [0.4, 0.5) is 0 Å². The summed E-state index contributed by atoms with van der Waals surface area (Å²) >= 11 is 0. The molecule has 1 aliphatic heterocycles. The van der Waals surface area contributed by atoms with E-state index < -0.39 is 5.97 Å². The Morgan fingerprint density at radius 1 is 1.29 bits per heavy atom. The maximum Gasteiger partial charge on any atom is 0.358 e. The van der Waals surface area contributed by atoms with Crippen LogP contribution in [0.5, 0.6) is 0 Å². The summed E-state index contributed by atoms with van der Waals surface area (Å²) in [4.78, 5) is 11.4. The van der Waals surface area contributed by atoms with Crippen molar-refractivity contribution in [3.8, 4) is 11.3 Å². The highest BCUT2D eigenvalue weighted by atomic mass is 16.5. The van der Waals surface area contributed by atoms with E-state index in [0.29, 0.717) is 18.2 Å². The molecule has 2 heterocycles. The molecule has 1 saturated heterocycles. The highest BCUT2D eigenvalue weighted by molar-refractivity contribution is 5.92. The average molecular weight is 287 g/mol. The van der Waals surface area contributed by atoms with Crippen molar-refractivity contribution in [2.45, 2.75) is 19.4 Å². The second kappa shape index (κ2) is 6.05. The van der Waals surface area contributed by atoms with Crippen LogP contribution in [0.15, 0.2) is 30.3 Å². The first kappa shape index (κ1) is 13.8. The minimum absolute atomic E-state index is 0.00765. The summed E-state index contributed by atoms with van der Waals surface area (Å²) in [6.45, 7) is 2.19. The van der Waals surface area contributed by atoms with Crippen molar-refractivity contribution < 1.29 is 14.6 Å². The number of carbonyl (C=O) groups is 1. The third-order valence-corrected chi connectivity index (χ3v) is 3.76. The number of benzene rings is 1. The van der Waals surface area contributed by atoms with E-state index in [9.17, 15) is 9.90 Å². The van der Waals surface area contributed by atoms with Crippen molar-refractivity contribution in [1.82, 2.24) is 15.0 Å². The number of hydrogen-bond donors (Lipinski definition) is 1. The molecule has 1 aromatic heterocycles. The van der Waals surface area contributed by atoms with Gasteiger partial charge in [0.1, 0.15) is 5.69 Å². The molecule has 6 heteroatoms. The predicted molar refractivity (Wildman–Crippen MR) is 76.0 cm³/mol. The first-order valence-electron chi connectivity index (χ1n) is 7.05. The van der Waals surface area contributed by atoms with Crippen LogP contribution in [0.25, 0.3) is 11.3 Å². The number of ether oxygens (including phenoxy) is 1. The van der Waals surface area contributed by atoms with Gasteiger partial charge in [0.05, 0.1) is 0 Å². The largest absolute Gasteiger partial charge is 0.476 e. The van der Waals surface area contributed by atoms with Gasteiger partial charge in [0.25, 0.3) is 0 Å². The van der Waals surface area contributed by atoms with Crippen LogP contribution < -0.4 is 0 Å². The zero-order chi connectivity index (χ0) is 14.7. The summed E-state index contributed by atoms with van der Waals surface area (Å²) in [6, 6.07) is 9.42. The topological polar surface area (TPSA) is 77.2 Å². The van der Waals surface area contributed by atoms with Crippen molar-refractivity contribution in [2.24, 2.45) is 5.92 Å². The first-order chi connectivity index (χ1) is 10.3. The fourth-order valence-corrected chi connectivity index (χ4v) is 2.64. The van der Waals surface area contributed by atoms with Crippen LogP contribution in [-0.4, -0.2) is 39.3 Å². The van der Waals surface area contributed by atoms with Crippen LogP contribution in [0.1, 0.15) is 23.3 Å². The average Bonchev–Trinajstić information content (AvgIpc) is 2.93. The van der Waals surface area contributed by atoms with Crippen LogP contribution in [-0.2, 0) is 11.3 Å². The molecule has 0 saturated carbocycles. The van der Waals surface area contributed by atoms with Crippen LogP contribution >= 0.6 is 0 Å². The van der Waals surface area contributed by atoms with Crippen molar-refractivity contribution in [1.29, 1.82) is 0 Å². The molecular formula is C15H17N3O3. The Bertz CT molecular complexity index is 618. The second-order valence-corrected chi connectivity index (χ2v) is 5.20. The molecule has 6 nitrogen and oxygen atoms in total. The van der Waals surface area contributed by atoms with E-state index in [1.165, 1.54) is 0 Å². The minimum Gasteiger partial charge on any atom is -0.476 e. The van der Waals surface area contributed by atoms with E-state index in [1.807, 2.05) is 30.3 Å².